The number of halogens is 1. The van der Waals surface area contributed by atoms with E-state index in [0.717, 1.165) is 47.2 Å². The third-order valence-electron chi connectivity index (χ3n) is 7.84. The fraction of sp³-hybridized carbons (Fsp3) is 0.467. The van der Waals surface area contributed by atoms with Crippen molar-refractivity contribution in [2.75, 3.05) is 0 Å². The summed E-state index contributed by atoms with van der Waals surface area (Å²) in [5.41, 5.74) is 5.10. The van der Waals surface area contributed by atoms with Gasteiger partial charge in [0.1, 0.15) is 5.15 Å². The molecule has 0 amide bonds. The van der Waals surface area contributed by atoms with Crippen LogP contribution < -0.4 is 5.69 Å². The van der Waals surface area contributed by atoms with E-state index < -0.39 is 0 Å². The summed E-state index contributed by atoms with van der Waals surface area (Å²) in [5.74, 6) is 1.88. The van der Waals surface area contributed by atoms with Gasteiger partial charge in [-0.3, -0.25) is 9.13 Å². The van der Waals surface area contributed by atoms with Gasteiger partial charge in [0.25, 0.3) is 0 Å². The summed E-state index contributed by atoms with van der Waals surface area (Å²) in [4.78, 5) is 13.6. The van der Waals surface area contributed by atoms with E-state index in [9.17, 15) is 4.79 Å². The van der Waals surface area contributed by atoms with Gasteiger partial charge >= 0.3 is 5.69 Å². The molecule has 0 unspecified atom stereocenters. The molecule has 2 aromatic carbocycles. The Balaban J connectivity index is 1.40. The molecule has 1 saturated carbocycles. The average Bonchev–Trinajstić information content (AvgIpc) is 3.55. The maximum Gasteiger partial charge on any atom is 0.329 e. The Morgan fingerprint density at radius 1 is 1.00 bits per heavy atom. The van der Waals surface area contributed by atoms with E-state index >= 15 is 0 Å². The SMILES string of the molecule is CC(C)CCc1c(Cl)n(CCC2CCCCC2)c(=O)n1Cc1ccc(-c2ccccc2-c2nnn[nH]2)cc1. The third-order valence-corrected chi connectivity index (χ3v) is 8.26. The lowest BCUT2D eigenvalue weighted by molar-refractivity contribution is 0.322. The van der Waals surface area contributed by atoms with Crippen molar-refractivity contribution in [3.8, 4) is 22.5 Å². The summed E-state index contributed by atoms with van der Waals surface area (Å²) in [6.07, 6.45) is 9.34. The van der Waals surface area contributed by atoms with Gasteiger partial charge in [0.05, 0.1) is 12.2 Å². The summed E-state index contributed by atoms with van der Waals surface area (Å²) in [5, 5.41) is 15.0. The first-order valence-corrected chi connectivity index (χ1v) is 14.3. The van der Waals surface area contributed by atoms with Crippen LogP contribution in [0, 0.1) is 11.8 Å². The second kappa shape index (κ2) is 12.1. The van der Waals surface area contributed by atoms with E-state index in [2.05, 4.69) is 64.8 Å². The van der Waals surface area contributed by atoms with Crippen LogP contribution in [0.3, 0.4) is 0 Å². The Morgan fingerprint density at radius 2 is 1.74 bits per heavy atom. The van der Waals surface area contributed by atoms with E-state index in [0.29, 0.717) is 35.9 Å². The van der Waals surface area contributed by atoms with Gasteiger partial charge in [0.15, 0.2) is 5.82 Å². The Bertz CT molecular complexity index is 1380. The number of H-pyrrole nitrogens is 1. The highest BCUT2D eigenvalue weighted by atomic mass is 35.5. The zero-order chi connectivity index (χ0) is 26.5. The maximum atomic E-state index is 13.6. The van der Waals surface area contributed by atoms with Crippen LogP contribution in [0.15, 0.2) is 53.3 Å². The molecule has 200 valence electrons. The summed E-state index contributed by atoms with van der Waals surface area (Å²) in [6.45, 7) is 5.64. The van der Waals surface area contributed by atoms with Gasteiger partial charge in [0.2, 0.25) is 0 Å². The first kappa shape index (κ1) is 26.4. The van der Waals surface area contributed by atoms with E-state index in [1.165, 1.54) is 32.1 Å². The number of nitrogens with one attached hydrogen (secondary N) is 1. The van der Waals surface area contributed by atoms with Crippen LogP contribution in [0.4, 0.5) is 0 Å². The molecular formula is C30H37ClN6O. The number of nitrogens with zero attached hydrogens (tertiary/aromatic N) is 5. The first-order chi connectivity index (χ1) is 18.5. The lowest BCUT2D eigenvalue weighted by Gasteiger charge is -2.21. The largest absolute Gasteiger partial charge is 0.329 e. The molecule has 38 heavy (non-hydrogen) atoms. The molecule has 1 aliphatic carbocycles. The summed E-state index contributed by atoms with van der Waals surface area (Å²) < 4.78 is 3.72. The molecule has 8 heteroatoms. The first-order valence-electron chi connectivity index (χ1n) is 13.9. The van der Waals surface area contributed by atoms with Crippen molar-refractivity contribution < 1.29 is 0 Å². The number of aromatic amines is 1. The predicted molar refractivity (Wildman–Crippen MR) is 152 cm³/mol. The number of hydrogen-bond acceptors (Lipinski definition) is 4. The maximum absolute atomic E-state index is 13.6. The van der Waals surface area contributed by atoms with Gasteiger partial charge in [0, 0.05) is 12.1 Å². The minimum absolute atomic E-state index is 0.0109. The lowest BCUT2D eigenvalue weighted by atomic mass is 9.87. The molecule has 1 N–H and O–H groups in total. The quantitative estimate of drug-likeness (QED) is 0.245. The smallest absolute Gasteiger partial charge is 0.290 e. The molecular weight excluding hydrogens is 496 g/mol. The molecule has 0 radical (unpaired) electrons. The number of aromatic nitrogens is 6. The average molecular weight is 533 g/mol. The number of tetrazole rings is 1. The molecule has 2 heterocycles. The Morgan fingerprint density at radius 3 is 2.42 bits per heavy atom. The van der Waals surface area contributed by atoms with Gasteiger partial charge < -0.3 is 0 Å². The molecule has 0 spiro atoms. The molecule has 1 fully saturated rings. The van der Waals surface area contributed by atoms with Crippen molar-refractivity contribution in [3.05, 3.63) is 75.4 Å². The van der Waals surface area contributed by atoms with Crippen LogP contribution in [-0.4, -0.2) is 29.8 Å². The van der Waals surface area contributed by atoms with Crippen molar-refractivity contribution in [2.45, 2.75) is 78.3 Å². The van der Waals surface area contributed by atoms with E-state index in [1.807, 2.05) is 27.3 Å². The van der Waals surface area contributed by atoms with Crippen LogP contribution in [-0.2, 0) is 19.5 Å². The Kier molecular flexibility index (Phi) is 8.42. The highest BCUT2D eigenvalue weighted by molar-refractivity contribution is 6.30. The molecule has 1 aliphatic rings. The molecule has 5 rings (SSSR count). The van der Waals surface area contributed by atoms with Crippen molar-refractivity contribution in [3.63, 3.8) is 0 Å². The topological polar surface area (TPSA) is 81.4 Å². The monoisotopic (exact) mass is 532 g/mol. The van der Waals surface area contributed by atoms with E-state index in [4.69, 9.17) is 11.6 Å². The molecule has 4 aromatic rings. The van der Waals surface area contributed by atoms with Crippen LogP contribution in [0.2, 0.25) is 5.15 Å². The fourth-order valence-electron chi connectivity index (χ4n) is 5.61. The molecule has 0 bridgehead atoms. The van der Waals surface area contributed by atoms with Crippen molar-refractivity contribution in [1.82, 2.24) is 29.8 Å². The van der Waals surface area contributed by atoms with Gasteiger partial charge in [-0.05, 0) is 58.2 Å². The summed E-state index contributed by atoms with van der Waals surface area (Å²) in [7, 11) is 0. The number of benzene rings is 2. The third kappa shape index (κ3) is 5.93. The Labute approximate surface area is 229 Å². The van der Waals surface area contributed by atoms with E-state index in [-0.39, 0.29) is 5.69 Å². The number of rotatable bonds is 10. The molecule has 0 aliphatic heterocycles. The van der Waals surface area contributed by atoms with Gasteiger partial charge in [-0.15, -0.1) is 5.10 Å². The normalized spacial score (nSPS) is 14.4. The number of hydrogen-bond donors (Lipinski definition) is 1. The molecule has 7 nitrogen and oxygen atoms in total. The van der Waals surface area contributed by atoms with Gasteiger partial charge in [-0.25, -0.2) is 9.89 Å². The number of imidazole rings is 1. The Hall–Kier alpha value is -3.19. The highest BCUT2D eigenvalue weighted by Gasteiger charge is 2.21. The lowest BCUT2D eigenvalue weighted by Crippen LogP contribution is -2.26. The van der Waals surface area contributed by atoms with Crippen LogP contribution >= 0.6 is 11.6 Å². The molecule has 0 atom stereocenters. The van der Waals surface area contributed by atoms with Gasteiger partial charge in [-0.2, -0.15) is 0 Å². The highest BCUT2D eigenvalue weighted by Crippen LogP contribution is 2.31. The minimum Gasteiger partial charge on any atom is -0.290 e. The summed E-state index contributed by atoms with van der Waals surface area (Å²) >= 11 is 6.90. The van der Waals surface area contributed by atoms with Crippen LogP contribution in [0.5, 0.6) is 0 Å². The van der Waals surface area contributed by atoms with E-state index in [1.54, 1.807) is 0 Å². The zero-order valence-corrected chi connectivity index (χ0v) is 23.1. The van der Waals surface area contributed by atoms with Crippen LogP contribution in [0.25, 0.3) is 22.5 Å². The zero-order valence-electron chi connectivity index (χ0n) is 22.4. The second-order valence-electron chi connectivity index (χ2n) is 11.0. The predicted octanol–water partition coefficient (Wildman–Crippen LogP) is 6.76. The van der Waals surface area contributed by atoms with Crippen molar-refractivity contribution in [1.29, 1.82) is 0 Å². The molecule has 0 saturated heterocycles. The summed E-state index contributed by atoms with van der Waals surface area (Å²) in [6, 6.07) is 16.4. The standard InChI is InChI=1S/C30H37ClN6O/c1-21(2)12-17-27-28(31)36(19-18-22-8-4-3-5-9-22)30(38)37(27)20-23-13-15-24(16-14-23)25-10-6-7-11-26(25)29-32-34-35-33-29/h6-7,10-11,13-16,21-22H,3-5,8-9,12,17-20H2,1-2H3,(H,32,33,34,35). The second-order valence-corrected chi connectivity index (χ2v) is 11.3. The minimum atomic E-state index is 0.0109. The van der Waals surface area contributed by atoms with Gasteiger partial charge in [-0.1, -0.05) is 106 Å². The van der Waals surface area contributed by atoms with Crippen molar-refractivity contribution in [2.24, 2.45) is 11.8 Å². The fourth-order valence-corrected chi connectivity index (χ4v) is 5.96. The van der Waals surface area contributed by atoms with Crippen molar-refractivity contribution >= 4 is 11.6 Å². The molecule has 2 aromatic heterocycles. The van der Waals surface area contributed by atoms with Crippen LogP contribution in [0.1, 0.15) is 70.1 Å².